The Bertz CT molecular complexity index is 490. The van der Waals surface area contributed by atoms with Gasteiger partial charge >= 0.3 is 11.7 Å². The van der Waals surface area contributed by atoms with E-state index in [0.29, 0.717) is 6.54 Å². The summed E-state index contributed by atoms with van der Waals surface area (Å²) in [6.07, 6.45) is 0.230. The maximum atomic E-state index is 10.9. The van der Waals surface area contributed by atoms with E-state index >= 15 is 0 Å². The number of nitro groups is 1. The van der Waals surface area contributed by atoms with Crippen LogP contribution in [-0.4, -0.2) is 35.2 Å². The molecule has 1 aromatic rings. The molecule has 0 saturated heterocycles. The van der Waals surface area contributed by atoms with Gasteiger partial charge in [-0.3, -0.25) is 14.9 Å². The van der Waals surface area contributed by atoms with Gasteiger partial charge in [0.05, 0.1) is 11.5 Å². The lowest BCUT2D eigenvalue weighted by Gasteiger charge is -2.13. The zero-order chi connectivity index (χ0) is 15.1. The first kappa shape index (κ1) is 15.9. The minimum Gasteiger partial charge on any atom is -0.487 e. The highest BCUT2D eigenvalue weighted by molar-refractivity contribution is 5.73. The van der Waals surface area contributed by atoms with Crippen LogP contribution in [0.5, 0.6) is 5.75 Å². The normalized spacial score (nSPS) is 11.9. The van der Waals surface area contributed by atoms with Crippen molar-refractivity contribution in [3.05, 3.63) is 33.9 Å². The summed E-state index contributed by atoms with van der Waals surface area (Å²) in [4.78, 5) is 21.3. The molecule has 0 bridgehead atoms. The Morgan fingerprint density at radius 2 is 2.25 bits per heavy atom. The predicted molar refractivity (Wildman–Crippen MR) is 73.0 cm³/mol. The molecule has 1 unspecified atom stereocenters. The second-order valence-corrected chi connectivity index (χ2v) is 4.31. The quantitative estimate of drug-likeness (QED) is 0.556. The van der Waals surface area contributed by atoms with Crippen molar-refractivity contribution in [1.29, 1.82) is 0 Å². The molecular formula is C13H18N2O5. The third kappa shape index (κ3) is 4.51. The third-order valence-corrected chi connectivity index (χ3v) is 2.72. The van der Waals surface area contributed by atoms with E-state index in [-0.39, 0.29) is 24.5 Å². The number of aryl methyl sites for hydroxylation is 1. The maximum Gasteiger partial charge on any atom is 0.320 e. The van der Waals surface area contributed by atoms with Crippen LogP contribution in [0, 0.1) is 17.0 Å². The number of hydrogen-bond donors (Lipinski definition) is 2. The molecule has 0 amide bonds. The van der Waals surface area contributed by atoms with Gasteiger partial charge in [-0.15, -0.1) is 0 Å². The lowest BCUT2D eigenvalue weighted by Crippen LogP contribution is -2.37. The summed E-state index contributed by atoms with van der Waals surface area (Å²) in [5, 5.41) is 22.7. The van der Waals surface area contributed by atoms with E-state index in [2.05, 4.69) is 5.32 Å². The molecule has 7 heteroatoms. The number of hydrogen-bond acceptors (Lipinski definition) is 5. The van der Waals surface area contributed by atoms with Crippen LogP contribution in [0.25, 0.3) is 0 Å². The molecule has 0 aliphatic heterocycles. The molecule has 0 spiro atoms. The van der Waals surface area contributed by atoms with Crippen molar-refractivity contribution in [2.24, 2.45) is 0 Å². The van der Waals surface area contributed by atoms with Gasteiger partial charge in [-0.2, -0.15) is 0 Å². The van der Waals surface area contributed by atoms with Gasteiger partial charge in [0.15, 0.2) is 5.75 Å². The molecule has 110 valence electrons. The zero-order valence-electron chi connectivity index (χ0n) is 11.5. The first-order chi connectivity index (χ1) is 9.45. The Labute approximate surface area is 116 Å². The fourth-order valence-electron chi connectivity index (χ4n) is 1.74. The molecule has 0 saturated carbocycles. The number of carboxylic acids is 1. The monoisotopic (exact) mass is 282 g/mol. The molecule has 0 radical (unpaired) electrons. The Morgan fingerprint density at radius 3 is 2.80 bits per heavy atom. The molecule has 7 nitrogen and oxygen atoms in total. The lowest BCUT2D eigenvalue weighted by molar-refractivity contribution is -0.385. The average Bonchev–Trinajstić information content (AvgIpc) is 2.38. The van der Waals surface area contributed by atoms with Crippen LogP contribution in [0.1, 0.15) is 18.9 Å². The van der Waals surface area contributed by atoms with Crippen molar-refractivity contribution in [3.8, 4) is 5.75 Å². The van der Waals surface area contributed by atoms with Gasteiger partial charge in [-0.25, -0.2) is 0 Å². The summed E-state index contributed by atoms with van der Waals surface area (Å²) in [7, 11) is 0. The minimum atomic E-state index is -0.964. The molecule has 0 aliphatic rings. The summed E-state index contributed by atoms with van der Waals surface area (Å²) >= 11 is 0. The Balaban J connectivity index is 2.66. The largest absolute Gasteiger partial charge is 0.487 e. The van der Waals surface area contributed by atoms with Gasteiger partial charge in [0.25, 0.3) is 0 Å². The summed E-state index contributed by atoms with van der Waals surface area (Å²) in [5.74, 6) is -0.810. The lowest BCUT2D eigenvalue weighted by atomic mass is 10.2. The maximum absolute atomic E-state index is 10.9. The number of carbonyl (C=O) groups is 1. The fourth-order valence-corrected chi connectivity index (χ4v) is 1.74. The van der Waals surface area contributed by atoms with Crippen LogP contribution in [0.4, 0.5) is 5.69 Å². The van der Waals surface area contributed by atoms with Crippen molar-refractivity contribution < 1.29 is 19.6 Å². The van der Waals surface area contributed by atoms with Crippen LogP contribution in [0.2, 0.25) is 0 Å². The molecule has 2 N–H and O–H groups in total. The van der Waals surface area contributed by atoms with Gasteiger partial charge in [0.2, 0.25) is 0 Å². The number of aliphatic carboxylic acids is 1. The number of nitrogens with zero attached hydrogens (tertiary/aromatic N) is 1. The van der Waals surface area contributed by atoms with Crippen LogP contribution in [-0.2, 0) is 4.79 Å². The number of benzene rings is 1. The van der Waals surface area contributed by atoms with Gasteiger partial charge in [-0.1, -0.05) is 13.0 Å². The fraction of sp³-hybridized carbons (Fsp3) is 0.462. The minimum absolute atomic E-state index is 0.0911. The van der Waals surface area contributed by atoms with Crippen LogP contribution >= 0.6 is 0 Å². The van der Waals surface area contributed by atoms with Crippen molar-refractivity contribution in [2.75, 3.05) is 13.2 Å². The van der Waals surface area contributed by atoms with E-state index < -0.39 is 16.9 Å². The van der Waals surface area contributed by atoms with Gasteiger partial charge in [-0.05, 0) is 25.1 Å². The molecule has 1 atom stereocenters. The molecule has 1 rings (SSSR count). The number of likely N-dealkylation sites (N-methyl/N-ethyl adjacent to an activating group) is 1. The smallest absolute Gasteiger partial charge is 0.320 e. The number of nitro benzene ring substituents is 1. The SMILES string of the molecule is CCNC(CCOc1ccc(C)cc1[N+](=O)[O-])C(=O)O. The van der Waals surface area contributed by atoms with Gasteiger partial charge in [0.1, 0.15) is 6.04 Å². The third-order valence-electron chi connectivity index (χ3n) is 2.72. The molecule has 20 heavy (non-hydrogen) atoms. The van der Waals surface area contributed by atoms with Crippen LogP contribution in [0.3, 0.4) is 0 Å². The molecule has 0 aliphatic carbocycles. The number of ether oxygens (including phenoxy) is 1. The second kappa shape index (κ2) is 7.44. The molecule has 1 aromatic carbocycles. The van der Waals surface area contributed by atoms with E-state index in [9.17, 15) is 14.9 Å². The number of rotatable bonds is 8. The average molecular weight is 282 g/mol. The molecule has 0 aromatic heterocycles. The Morgan fingerprint density at radius 1 is 1.55 bits per heavy atom. The molecule has 0 fully saturated rings. The molecule has 0 heterocycles. The summed E-state index contributed by atoms with van der Waals surface area (Å²) in [5.41, 5.74) is 0.653. The first-order valence-corrected chi connectivity index (χ1v) is 6.29. The molecular weight excluding hydrogens is 264 g/mol. The highest BCUT2D eigenvalue weighted by Gasteiger charge is 2.18. The summed E-state index contributed by atoms with van der Waals surface area (Å²) < 4.78 is 5.34. The van der Waals surface area contributed by atoms with E-state index in [1.165, 1.54) is 12.1 Å². The van der Waals surface area contributed by atoms with Gasteiger partial charge < -0.3 is 15.2 Å². The highest BCUT2D eigenvalue weighted by Crippen LogP contribution is 2.27. The van der Waals surface area contributed by atoms with E-state index in [1.807, 2.05) is 6.92 Å². The Hall–Kier alpha value is -2.15. The first-order valence-electron chi connectivity index (χ1n) is 6.29. The zero-order valence-corrected chi connectivity index (χ0v) is 11.5. The summed E-state index contributed by atoms with van der Waals surface area (Å²) in [6, 6.07) is 3.94. The van der Waals surface area contributed by atoms with Gasteiger partial charge in [0, 0.05) is 12.5 Å². The highest BCUT2D eigenvalue weighted by atomic mass is 16.6. The van der Waals surface area contributed by atoms with Crippen molar-refractivity contribution >= 4 is 11.7 Å². The Kier molecular flexibility index (Phi) is 5.92. The van der Waals surface area contributed by atoms with E-state index in [4.69, 9.17) is 9.84 Å². The standard InChI is InChI=1S/C13H18N2O5/c1-3-14-10(13(16)17)6-7-20-12-5-4-9(2)8-11(12)15(18)19/h4-5,8,10,14H,3,6-7H2,1-2H3,(H,16,17). The predicted octanol–water partition coefficient (Wildman–Crippen LogP) is 1.73. The van der Waals surface area contributed by atoms with E-state index in [1.54, 1.807) is 13.0 Å². The van der Waals surface area contributed by atoms with Crippen molar-refractivity contribution in [1.82, 2.24) is 5.32 Å². The van der Waals surface area contributed by atoms with E-state index in [0.717, 1.165) is 5.56 Å². The number of nitrogens with one attached hydrogen (secondary N) is 1. The topological polar surface area (TPSA) is 102 Å². The second-order valence-electron chi connectivity index (χ2n) is 4.31. The van der Waals surface area contributed by atoms with Crippen molar-refractivity contribution in [3.63, 3.8) is 0 Å². The summed E-state index contributed by atoms with van der Waals surface area (Å²) in [6.45, 7) is 4.18. The number of carboxylic acid groups (broad SMARTS) is 1. The van der Waals surface area contributed by atoms with Crippen molar-refractivity contribution in [2.45, 2.75) is 26.3 Å². The van der Waals surface area contributed by atoms with Crippen LogP contribution < -0.4 is 10.1 Å². The van der Waals surface area contributed by atoms with Crippen LogP contribution in [0.15, 0.2) is 18.2 Å².